The van der Waals surface area contributed by atoms with Gasteiger partial charge in [-0.05, 0) is 6.42 Å². The van der Waals surface area contributed by atoms with Gasteiger partial charge < -0.3 is 9.90 Å². The first-order chi connectivity index (χ1) is 5.16. The minimum atomic E-state index is -1.27. The quantitative estimate of drug-likeness (QED) is 0.393. The fourth-order valence-electron chi connectivity index (χ4n) is 0.822. The van der Waals surface area contributed by atoms with Crippen molar-refractivity contribution in [3.05, 3.63) is 0 Å². The Kier molecular flexibility index (Phi) is 10.8. The summed E-state index contributed by atoms with van der Waals surface area (Å²) in [6.45, 7) is 2.03. The molecule has 74 valence electrons. The maximum absolute atomic E-state index is 10.7. The van der Waals surface area contributed by atoms with Crippen molar-refractivity contribution in [2.45, 2.75) is 39.0 Å². The Hall–Kier alpha value is -0.120. The second kappa shape index (κ2) is 8.97. The summed E-state index contributed by atoms with van der Waals surface area (Å²) in [6, 6.07) is 0. The van der Waals surface area contributed by atoms with Crippen LogP contribution in [0.4, 0.5) is 0 Å². The van der Waals surface area contributed by atoms with Crippen LogP contribution in [-0.2, 0) is 32.0 Å². The number of hydrogen-bond donors (Lipinski definition) is 0. The fourth-order valence-corrected chi connectivity index (χ4v) is 0.822. The van der Waals surface area contributed by atoms with Gasteiger partial charge in [0.05, 0.1) is 0 Å². The van der Waals surface area contributed by atoms with Crippen LogP contribution in [0.5, 0.6) is 0 Å². The van der Waals surface area contributed by atoms with Crippen LogP contribution in [-0.4, -0.2) is 11.8 Å². The third-order valence-corrected chi connectivity index (χ3v) is 1.40. The second-order valence-corrected chi connectivity index (χ2v) is 2.54. The Balaban J connectivity index is 0. The van der Waals surface area contributed by atoms with Crippen LogP contribution in [0.25, 0.3) is 0 Å². The molecule has 0 spiro atoms. The topological polar surface area (TPSA) is 57.2 Å². The first-order valence-electron chi connectivity index (χ1n) is 3.88. The van der Waals surface area contributed by atoms with Crippen molar-refractivity contribution in [2.75, 3.05) is 0 Å². The number of ketones is 1. The number of Topliss-reactive ketones (excluding diaryl/α,β-unsaturated/α-hetero) is 1. The molecule has 12 heavy (non-hydrogen) atoms. The molecule has 0 saturated heterocycles. The molecule has 0 fully saturated rings. The molecule has 0 bridgehead atoms. The molecule has 0 aliphatic rings. The molecule has 3 nitrogen and oxygen atoms in total. The van der Waals surface area contributed by atoms with Crippen LogP contribution in [0.3, 0.4) is 0 Å². The zero-order chi connectivity index (χ0) is 8.69. The molecule has 4 heteroatoms. The first kappa shape index (κ1) is 14.4. The Morgan fingerprint density at radius 3 is 2.25 bits per heavy atom. The number of carbonyl (C=O) groups excluding carboxylic acids is 2. The number of unbranched alkanes of at least 4 members (excludes halogenated alkanes) is 2. The van der Waals surface area contributed by atoms with Gasteiger partial charge >= 0.3 is 22.4 Å². The minimum Gasteiger partial charge on any atom is -0.550 e. The Morgan fingerprint density at radius 1 is 1.25 bits per heavy atom. The number of carboxylic acids is 1. The van der Waals surface area contributed by atoms with Crippen LogP contribution in [0.1, 0.15) is 39.0 Å². The van der Waals surface area contributed by atoms with E-state index in [4.69, 9.17) is 0 Å². The summed E-state index contributed by atoms with van der Waals surface area (Å²) in [5, 5.41) is 9.91. The minimum absolute atomic E-state index is 0. The molecule has 0 unspecified atom stereocenters. The van der Waals surface area contributed by atoms with E-state index in [0.717, 1.165) is 19.3 Å². The molecule has 0 aromatic carbocycles. The van der Waals surface area contributed by atoms with E-state index in [1.165, 1.54) is 0 Å². The molecule has 0 saturated carbocycles. The zero-order valence-corrected chi connectivity index (χ0v) is 8.54. The maximum Gasteiger partial charge on any atom is 1.00 e. The largest absolute Gasteiger partial charge is 1.00 e. The Morgan fingerprint density at radius 2 is 1.83 bits per heavy atom. The molecular formula is C8H13AgO3. The summed E-state index contributed by atoms with van der Waals surface area (Å²) >= 11 is 0. The number of carboxylic acid groups (broad SMARTS) is 1. The van der Waals surface area contributed by atoms with Crippen molar-refractivity contribution in [1.29, 1.82) is 0 Å². The van der Waals surface area contributed by atoms with E-state index in [2.05, 4.69) is 0 Å². The fraction of sp³-hybridized carbons (Fsp3) is 0.750. The van der Waals surface area contributed by atoms with Crippen LogP contribution >= 0.6 is 0 Å². The van der Waals surface area contributed by atoms with Crippen molar-refractivity contribution in [3.8, 4) is 0 Å². The van der Waals surface area contributed by atoms with E-state index in [1.54, 1.807) is 0 Å². The van der Waals surface area contributed by atoms with Crippen LogP contribution in [0.2, 0.25) is 0 Å². The van der Waals surface area contributed by atoms with E-state index in [0.29, 0.717) is 6.42 Å². The Labute approximate surface area is 88.0 Å². The van der Waals surface area contributed by atoms with Gasteiger partial charge in [-0.15, -0.1) is 0 Å². The number of aliphatic carboxylic acids is 1. The number of hydrogen-bond acceptors (Lipinski definition) is 3. The van der Waals surface area contributed by atoms with Crippen LogP contribution in [0.15, 0.2) is 0 Å². The molecular weight excluding hydrogens is 252 g/mol. The molecule has 0 atom stereocenters. The maximum atomic E-state index is 10.7. The van der Waals surface area contributed by atoms with E-state index in [9.17, 15) is 14.7 Å². The summed E-state index contributed by atoms with van der Waals surface area (Å²) in [6.07, 6.45) is 2.77. The Bertz CT molecular complexity index is 145. The van der Waals surface area contributed by atoms with Gasteiger partial charge in [0.2, 0.25) is 0 Å². The number of carbonyl (C=O) groups is 2. The average Bonchev–Trinajstić information content (AvgIpc) is 1.86. The molecule has 0 aliphatic heterocycles. The molecule has 0 aliphatic carbocycles. The molecule has 0 aromatic heterocycles. The van der Waals surface area contributed by atoms with E-state index < -0.39 is 12.4 Å². The molecule has 0 radical (unpaired) electrons. The van der Waals surface area contributed by atoms with Crippen molar-refractivity contribution in [2.24, 2.45) is 0 Å². The molecule has 0 N–H and O–H groups in total. The number of rotatable bonds is 6. The summed E-state index contributed by atoms with van der Waals surface area (Å²) < 4.78 is 0. The van der Waals surface area contributed by atoms with Crippen LogP contribution < -0.4 is 5.11 Å². The third kappa shape index (κ3) is 9.88. The van der Waals surface area contributed by atoms with Gasteiger partial charge in [-0.1, -0.05) is 19.8 Å². The normalized spacial score (nSPS) is 8.75. The molecule has 0 amide bonds. The third-order valence-electron chi connectivity index (χ3n) is 1.40. The average molecular weight is 265 g/mol. The van der Waals surface area contributed by atoms with E-state index in [1.807, 2.05) is 6.92 Å². The van der Waals surface area contributed by atoms with Crippen molar-refractivity contribution >= 4 is 11.8 Å². The van der Waals surface area contributed by atoms with E-state index >= 15 is 0 Å². The predicted octanol–water partition coefficient (Wildman–Crippen LogP) is 0.273. The van der Waals surface area contributed by atoms with Gasteiger partial charge in [0.15, 0.2) is 0 Å². The summed E-state index contributed by atoms with van der Waals surface area (Å²) in [7, 11) is 0. The second-order valence-electron chi connectivity index (χ2n) is 2.54. The van der Waals surface area contributed by atoms with Crippen molar-refractivity contribution in [1.82, 2.24) is 0 Å². The first-order valence-corrected chi connectivity index (χ1v) is 3.88. The molecule has 0 aromatic rings. The summed E-state index contributed by atoms with van der Waals surface area (Å²) in [4.78, 5) is 20.6. The van der Waals surface area contributed by atoms with Gasteiger partial charge in [0, 0.05) is 18.8 Å². The van der Waals surface area contributed by atoms with E-state index in [-0.39, 0.29) is 28.2 Å². The summed E-state index contributed by atoms with van der Waals surface area (Å²) in [5.74, 6) is -1.50. The van der Waals surface area contributed by atoms with Gasteiger partial charge in [-0.25, -0.2) is 0 Å². The standard InChI is InChI=1S/C8H14O3.Ag/c1-2-3-4-5-7(9)6-8(10)11;/h2-6H2,1H3,(H,10,11);/q;+1/p-1. The van der Waals surface area contributed by atoms with Gasteiger partial charge in [0.25, 0.3) is 0 Å². The van der Waals surface area contributed by atoms with Crippen molar-refractivity contribution in [3.63, 3.8) is 0 Å². The van der Waals surface area contributed by atoms with Crippen molar-refractivity contribution < 1.29 is 37.1 Å². The van der Waals surface area contributed by atoms with Gasteiger partial charge in [-0.2, -0.15) is 0 Å². The predicted molar refractivity (Wildman–Crippen MR) is 38.8 cm³/mol. The smallest absolute Gasteiger partial charge is 0.550 e. The van der Waals surface area contributed by atoms with Gasteiger partial charge in [0.1, 0.15) is 5.78 Å². The van der Waals surface area contributed by atoms with Gasteiger partial charge in [-0.3, -0.25) is 4.79 Å². The molecule has 0 rings (SSSR count). The monoisotopic (exact) mass is 264 g/mol. The SMILES string of the molecule is CCCCCC(=O)CC(=O)[O-].[Ag+]. The molecule has 0 heterocycles. The summed E-state index contributed by atoms with van der Waals surface area (Å²) in [5.41, 5.74) is 0. The zero-order valence-electron chi connectivity index (χ0n) is 7.06. The van der Waals surface area contributed by atoms with Crippen LogP contribution in [0, 0.1) is 0 Å².